The highest BCUT2D eigenvalue weighted by Crippen LogP contribution is 2.21. The topological polar surface area (TPSA) is 68.7 Å². The Morgan fingerprint density at radius 1 is 1.17 bits per heavy atom. The van der Waals surface area contributed by atoms with E-state index in [-0.39, 0.29) is 5.57 Å². The third-order valence-corrected chi connectivity index (χ3v) is 4.05. The molecule has 1 aromatic heterocycles. The summed E-state index contributed by atoms with van der Waals surface area (Å²) in [6, 6.07) is 15.4. The fourth-order valence-corrected chi connectivity index (χ4v) is 2.54. The average Bonchev–Trinajstić information content (AvgIpc) is 2.99. The van der Waals surface area contributed by atoms with Crippen LogP contribution in [0.25, 0.3) is 17.0 Å². The summed E-state index contributed by atoms with van der Waals surface area (Å²) in [5.41, 5.74) is 4.78. The van der Waals surface area contributed by atoms with Crippen molar-refractivity contribution in [2.24, 2.45) is 0 Å². The minimum Gasteiger partial charge on any atom is -0.361 e. The number of amides is 1. The Hall–Kier alpha value is -3.32. The van der Waals surface area contributed by atoms with Crippen LogP contribution in [0.2, 0.25) is 0 Å². The third-order valence-electron chi connectivity index (χ3n) is 4.05. The van der Waals surface area contributed by atoms with Gasteiger partial charge in [0.05, 0.1) is 0 Å². The molecule has 0 unspecified atom stereocenters. The molecule has 0 fully saturated rings. The van der Waals surface area contributed by atoms with Gasteiger partial charge in [0, 0.05) is 28.4 Å². The summed E-state index contributed by atoms with van der Waals surface area (Å²) in [5.74, 6) is -0.411. The Kier molecular flexibility index (Phi) is 4.17. The van der Waals surface area contributed by atoms with Gasteiger partial charge < -0.3 is 10.3 Å². The fraction of sp³-hybridized carbons (Fsp3) is 0.100. The van der Waals surface area contributed by atoms with E-state index >= 15 is 0 Å². The van der Waals surface area contributed by atoms with E-state index in [2.05, 4.69) is 10.3 Å². The van der Waals surface area contributed by atoms with Crippen LogP contribution in [0.5, 0.6) is 0 Å². The number of para-hydroxylation sites is 1. The summed E-state index contributed by atoms with van der Waals surface area (Å²) >= 11 is 0. The summed E-state index contributed by atoms with van der Waals surface area (Å²) in [6.07, 6.45) is 3.40. The SMILES string of the molecule is Cc1ccc(NC(=O)/C(C#N)=C\c2c[nH]c3ccccc23)cc1C. The lowest BCUT2D eigenvalue weighted by atomic mass is 10.1. The zero-order chi connectivity index (χ0) is 17.1. The number of carbonyl (C=O) groups is 1. The van der Waals surface area contributed by atoms with Gasteiger partial charge in [-0.1, -0.05) is 24.3 Å². The summed E-state index contributed by atoms with van der Waals surface area (Å²) in [5, 5.41) is 13.1. The fourth-order valence-electron chi connectivity index (χ4n) is 2.54. The number of aromatic nitrogens is 1. The average molecular weight is 315 g/mol. The minimum absolute atomic E-state index is 0.0676. The molecular formula is C20H17N3O. The first-order chi connectivity index (χ1) is 11.6. The zero-order valence-corrected chi connectivity index (χ0v) is 13.6. The highest BCUT2D eigenvalue weighted by atomic mass is 16.1. The van der Waals surface area contributed by atoms with Gasteiger partial charge in [0.1, 0.15) is 11.6 Å². The first-order valence-corrected chi connectivity index (χ1v) is 7.65. The van der Waals surface area contributed by atoms with E-state index < -0.39 is 5.91 Å². The molecule has 4 heteroatoms. The number of nitrogens with one attached hydrogen (secondary N) is 2. The number of fused-ring (bicyclic) bond motifs is 1. The monoisotopic (exact) mass is 315 g/mol. The van der Waals surface area contributed by atoms with Crippen molar-refractivity contribution in [2.45, 2.75) is 13.8 Å². The lowest BCUT2D eigenvalue weighted by molar-refractivity contribution is -0.112. The molecule has 2 aromatic carbocycles. The summed E-state index contributed by atoms with van der Waals surface area (Å²) in [6.45, 7) is 4.00. The minimum atomic E-state index is -0.411. The number of nitriles is 1. The molecule has 0 bridgehead atoms. The second kappa shape index (κ2) is 6.43. The number of hydrogen-bond acceptors (Lipinski definition) is 2. The molecule has 0 radical (unpaired) electrons. The van der Waals surface area contributed by atoms with E-state index in [1.165, 1.54) is 0 Å². The second-order valence-electron chi connectivity index (χ2n) is 5.71. The van der Waals surface area contributed by atoms with E-state index in [9.17, 15) is 10.1 Å². The standard InChI is InChI=1S/C20H17N3O/c1-13-7-8-17(9-14(13)2)23-20(24)15(11-21)10-16-12-22-19-6-4-3-5-18(16)19/h3-10,12,22H,1-2H3,(H,23,24)/b15-10-. The van der Waals surface area contributed by atoms with Crippen molar-refractivity contribution < 1.29 is 4.79 Å². The summed E-state index contributed by atoms with van der Waals surface area (Å²) in [4.78, 5) is 15.5. The van der Waals surface area contributed by atoms with Gasteiger partial charge in [-0.15, -0.1) is 0 Å². The van der Waals surface area contributed by atoms with E-state index in [0.29, 0.717) is 5.69 Å². The van der Waals surface area contributed by atoms with Gasteiger partial charge in [-0.25, -0.2) is 0 Å². The van der Waals surface area contributed by atoms with E-state index in [4.69, 9.17) is 0 Å². The van der Waals surface area contributed by atoms with Crippen LogP contribution < -0.4 is 5.32 Å². The lowest BCUT2D eigenvalue weighted by Crippen LogP contribution is -2.13. The van der Waals surface area contributed by atoms with Gasteiger partial charge in [-0.2, -0.15) is 5.26 Å². The van der Waals surface area contributed by atoms with Crippen molar-refractivity contribution in [3.05, 3.63) is 70.9 Å². The van der Waals surface area contributed by atoms with Crippen molar-refractivity contribution >= 4 is 28.6 Å². The smallest absolute Gasteiger partial charge is 0.266 e. The van der Waals surface area contributed by atoms with Gasteiger partial charge in [-0.05, 0) is 49.2 Å². The van der Waals surface area contributed by atoms with Crippen LogP contribution in [0.1, 0.15) is 16.7 Å². The number of carbonyl (C=O) groups excluding carboxylic acids is 1. The van der Waals surface area contributed by atoms with Crippen LogP contribution in [-0.2, 0) is 4.79 Å². The Morgan fingerprint density at radius 3 is 2.71 bits per heavy atom. The van der Waals surface area contributed by atoms with Crippen molar-refractivity contribution in [1.82, 2.24) is 4.98 Å². The normalized spacial score (nSPS) is 11.3. The number of hydrogen-bond donors (Lipinski definition) is 2. The Bertz CT molecular complexity index is 990. The molecule has 4 nitrogen and oxygen atoms in total. The van der Waals surface area contributed by atoms with Crippen molar-refractivity contribution in [2.75, 3.05) is 5.32 Å². The molecule has 0 aliphatic carbocycles. The number of aryl methyl sites for hydroxylation is 2. The van der Waals surface area contributed by atoms with Gasteiger partial charge >= 0.3 is 0 Å². The number of anilines is 1. The van der Waals surface area contributed by atoms with Crippen LogP contribution in [0.3, 0.4) is 0 Å². The molecule has 24 heavy (non-hydrogen) atoms. The second-order valence-corrected chi connectivity index (χ2v) is 5.71. The number of nitrogens with zero attached hydrogens (tertiary/aromatic N) is 1. The highest BCUT2D eigenvalue weighted by molar-refractivity contribution is 6.10. The first kappa shape index (κ1) is 15.6. The largest absolute Gasteiger partial charge is 0.361 e. The quantitative estimate of drug-likeness (QED) is 0.558. The van der Waals surface area contributed by atoms with E-state index in [0.717, 1.165) is 27.6 Å². The first-order valence-electron chi connectivity index (χ1n) is 7.65. The molecule has 1 amide bonds. The van der Waals surface area contributed by atoms with Crippen LogP contribution in [-0.4, -0.2) is 10.9 Å². The van der Waals surface area contributed by atoms with E-state index in [1.54, 1.807) is 12.3 Å². The van der Waals surface area contributed by atoms with Crippen LogP contribution in [0, 0.1) is 25.2 Å². The van der Waals surface area contributed by atoms with Crippen molar-refractivity contribution in [3.8, 4) is 6.07 Å². The van der Waals surface area contributed by atoms with Gasteiger partial charge in [0.25, 0.3) is 5.91 Å². The Balaban J connectivity index is 1.89. The van der Waals surface area contributed by atoms with Crippen LogP contribution in [0.4, 0.5) is 5.69 Å². The van der Waals surface area contributed by atoms with Gasteiger partial charge in [-0.3, -0.25) is 4.79 Å². The maximum atomic E-state index is 12.4. The molecule has 0 saturated heterocycles. The van der Waals surface area contributed by atoms with E-state index in [1.807, 2.05) is 62.4 Å². The van der Waals surface area contributed by atoms with Crippen LogP contribution >= 0.6 is 0 Å². The molecule has 0 saturated carbocycles. The molecule has 0 atom stereocenters. The molecule has 0 aliphatic heterocycles. The van der Waals surface area contributed by atoms with Gasteiger partial charge in [0.2, 0.25) is 0 Å². The Morgan fingerprint density at radius 2 is 1.96 bits per heavy atom. The lowest BCUT2D eigenvalue weighted by Gasteiger charge is -2.07. The highest BCUT2D eigenvalue weighted by Gasteiger charge is 2.11. The van der Waals surface area contributed by atoms with Gasteiger partial charge in [0.15, 0.2) is 0 Å². The summed E-state index contributed by atoms with van der Waals surface area (Å²) < 4.78 is 0. The van der Waals surface area contributed by atoms with Crippen molar-refractivity contribution in [1.29, 1.82) is 5.26 Å². The molecule has 1 heterocycles. The summed E-state index contributed by atoms with van der Waals surface area (Å²) in [7, 11) is 0. The maximum Gasteiger partial charge on any atom is 0.266 e. The third kappa shape index (κ3) is 3.06. The molecule has 0 aliphatic rings. The maximum absolute atomic E-state index is 12.4. The molecule has 3 rings (SSSR count). The molecule has 118 valence electrons. The predicted molar refractivity (Wildman–Crippen MR) is 96.4 cm³/mol. The molecule has 2 N–H and O–H groups in total. The zero-order valence-electron chi connectivity index (χ0n) is 13.6. The molecule has 0 spiro atoms. The number of benzene rings is 2. The van der Waals surface area contributed by atoms with Crippen molar-refractivity contribution in [3.63, 3.8) is 0 Å². The number of aromatic amines is 1. The molecule has 3 aromatic rings. The molecular weight excluding hydrogens is 298 g/mol. The Labute approximate surface area is 140 Å². The number of rotatable bonds is 3. The van der Waals surface area contributed by atoms with Crippen LogP contribution in [0.15, 0.2) is 54.2 Å². The predicted octanol–water partition coefficient (Wildman–Crippen LogP) is 4.33. The number of H-pyrrole nitrogens is 1.